The molecule has 0 amide bonds. The van der Waals surface area contributed by atoms with Gasteiger partial charge < -0.3 is 20.0 Å². The number of hydrogen-bond acceptors (Lipinski definition) is 6. The van der Waals surface area contributed by atoms with E-state index in [2.05, 4.69) is 28.6 Å². The molecule has 2 rings (SSSR count). The first kappa shape index (κ1) is 19.1. The molecule has 6 nitrogen and oxygen atoms in total. The lowest BCUT2D eigenvalue weighted by atomic mass is 9.96. The number of nitrogens with zero attached hydrogens (tertiary/aromatic N) is 4. The molecule has 0 unspecified atom stereocenters. The first-order valence-corrected chi connectivity index (χ1v) is 9.07. The van der Waals surface area contributed by atoms with Gasteiger partial charge in [0.1, 0.15) is 11.6 Å². The van der Waals surface area contributed by atoms with E-state index in [9.17, 15) is 10.2 Å². The van der Waals surface area contributed by atoms with Crippen LogP contribution >= 0.6 is 0 Å². The van der Waals surface area contributed by atoms with Crippen LogP contribution in [0.5, 0.6) is 0 Å². The number of aliphatic hydroxyl groups is 2. The van der Waals surface area contributed by atoms with Gasteiger partial charge in [-0.15, -0.1) is 0 Å². The van der Waals surface area contributed by atoms with Crippen molar-refractivity contribution in [2.75, 3.05) is 50.8 Å². The maximum Gasteiger partial charge on any atom is 0.135 e. The molecule has 0 aliphatic carbocycles. The minimum Gasteiger partial charge on any atom is -0.396 e. The van der Waals surface area contributed by atoms with Crippen LogP contribution in [0.1, 0.15) is 30.9 Å². The lowest BCUT2D eigenvalue weighted by molar-refractivity contribution is 0.147. The molecule has 1 fully saturated rings. The number of aryl methyl sites for hydroxylation is 2. The Balaban J connectivity index is 2.19. The monoisotopic (exact) mass is 336 g/mol. The van der Waals surface area contributed by atoms with Gasteiger partial charge in [-0.2, -0.15) is 0 Å². The highest BCUT2D eigenvalue weighted by atomic mass is 16.3. The van der Waals surface area contributed by atoms with Gasteiger partial charge in [0.25, 0.3) is 0 Å². The minimum atomic E-state index is 0.179. The maximum absolute atomic E-state index is 9.82. The normalized spacial score (nSPS) is 21.0. The molecule has 0 spiro atoms. The topological polar surface area (TPSA) is 72.7 Å². The molecule has 1 aliphatic rings. The summed E-state index contributed by atoms with van der Waals surface area (Å²) in [5.41, 5.74) is 2.26. The second-order valence-corrected chi connectivity index (χ2v) is 6.74. The number of aliphatic hydroxyl groups excluding tert-OH is 2. The Hall–Kier alpha value is -1.24. The molecule has 2 heterocycles. The van der Waals surface area contributed by atoms with Crippen LogP contribution in [0.2, 0.25) is 0 Å². The number of aromatic nitrogens is 2. The molecule has 24 heavy (non-hydrogen) atoms. The van der Waals surface area contributed by atoms with Gasteiger partial charge >= 0.3 is 0 Å². The smallest absolute Gasteiger partial charge is 0.135 e. The summed E-state index contributed by atoms with van der Waals surface area (Å²) in [4.78, 5) is 13.8. The third-order valence-electron chi connectivity index (χ3n) is 5.12. The molecule has 1 aromatic rings. The van der Waals surface area contributed by atoms with Crippen LogP contribution < -0.4 is 4.90 Å². The van der Waals surface area contributed by atoms with Crippen LogP contribution in [0.15, 0.2) is 0 Å². The van der Waals surface area contributed by atoms with Gasteiger partial charge in [-0.25, -0.2) is 9.97 Å². The van der Waals surface area contributed by atoms with Crippen molar-refractivity contribution < 1.29 is 10.2 Å². The highest BCUT2D eigenvalue weighted by Crippen LogP contribution is 2.31. The number of anilines is 1. The van der Waals surface area contributed by atoms with Gasteiger partial charge in [0.15, 0.2) is 0 Å². The van der Waals surface area contributed by atoms with Crippen molar-refractivity contribution in [3.63, 3.8) is 0 Å². The van der Waals surface area contributed by atoms with Gasteiger partial charge in [0.05, 0.1) is 6.61 Å². The molecule has 0 saturated carbocycles. The van der Waals surface area contributed by atoms with E-state index in [1.165, 1.54) is 5.56 Å². The summed E-state index contributed by atoms with van der Waals surface area (Å²) >= 11 is 0. The maximum atomic E-state index is 9.82. The molecule has 1 saturated heterocycles. The van der Waals surface area contributed by atoms with E-state index in [0.29, 0.717) is 12.5 Å². The molecular weight excluding hydrogens is 304 g/mol. The molecule has 2 N–H and O–H groups in total. The zero-order valence-corrected chi connectivity index (χ0v) is 15.5. The average Bonchev–Trinajstić information content (AvgIpc) is 2.96. The van der Waals surface area contributed by atoms with Crippen molar-refractivity contribution in [1.29, 1.82) is 0 Å². The Morgan fingerprint density at radius 3 is 2.42 bits per heavy atom. The van der Waals surface area contributed by atoms with E-state index < -0.39 is 0 Å². The van der Waals surface area contributed by atoms with E-state index in [1.807, 2.05) is 13.8 Å². The first-order chi connectivity index (χ1) is 11.5. The lowest BCUT2D eigenvalue weighted by Gasteiger charge is -2.26. The number of rotatable bonds is 8. The summed E-state index contributed by atoms with van der Waals surface area (Å²) in [5, 5.41) is 19.0. The van der Waals surface area contributed by atoms with Crippen molar-refractivity contribution in [2.45, 2.75) is 34.1 Å². The highest BCUT2D eigenvalue weighted by Gasteiger charge is 2.35. The fourth-order valence-corrected chi connectivity index (χ4v) is 3.77. The summed E-state index contributed by atoms with van der Waals surface area (Å²) in [6, 6.07) is 0. The quantitative estimate of drug-likeness (QED) is 0.738. The first-order valence-electron chi connectivity index (χ1n) is 9.07. The molecule has 6 heteroatoms. The molecule has 0 aromatic carbocycles. The van der Waals surface area contributed by atoms with E-state index in [-0.39, 0.29) is 19.1 Å². The fourth-order valence-electron chi connectivity index (χ4n) is 3.77. The van der Waals surface area contributed by atoms with Crippen LogP contribution in [0.3, 0.4) is 0 Å². The van der Waals surface area contributed by atoms with Gasteiger partial charge in [0.2, 0.25) is 0 Å². The van der Waals surface area contributed by atoms with Crippen LogP contribution in [-0.4, -0.2) is 71.0 Å². The molecular formula is C18H32N4O2. The second-order valence-electron chi connectivity index (χ2n) is 6.74. The van der Waals surface area contributed by atoms with Crippen molar-refractivity contribution in [3.8, 4) is 0 Å². The predicted octanol–water partition coefficient (Wildman–Crippen LogP) is 1.01. The number of hydrogen-bond donors (Lipinski definition) is 2. The fraction of sp³-hybridized carbons (Fsp3) is 0.778. The lowest BCUT2D eigenvalue weighted by Crippen LogP contribution is -2.35. The van der Waals surface area contributed by atoms with E-state index in [0.717, 1.165) is 49.9 Å². The van der Waals surface area contributed by atoms with E-state index in [1.54, 1.807) is 0 Å². The summed E-state index contributed by atoms with van der Waals surface area (Å²) in [5.74, 6) is 2.48. The van der Waals surface area contributed by atoms with Crippen molar-refractivity contribution >= 4 is 5.82 Å². The Morgan fingerprint density at radius 2 is 1.83 bits per heavy atom. The van der Waals surface area contributed by atoms with E-state index >= 15 is 0 Å². The Kier molecular flexibility index (Phi) is 6.95. The predicted molar refractivity (Wildman–Crippen MR) is 96.4 cm³/mol. The van der Waals surface area contributed by atoms with E-state index in [4.69, 9.17) is 4.98 Å². The summed E-state index contributed by atoms with van der Waals surface area (Å²) < 4.78 is 0. The van der Waals surface area contributed by atoms with Crippen LogP contribution in [0, 0.1) is 25.7 Å². The molecule has 0 bridgehead atoms. The zero-order valence-electron chi connectivity index (χ0n) is 15.5. The SMILES string of the molecule is CCc1c(C)nc(C)nc1N1C[C@@H](CN(CC)CCO)[C@@H](CO)C1. The molecule has 1 aliphatic heterocycles. The molecule has 2 atom stereocenters. The van der Waals surface area contributed by atoms with Gasteiger partial charge in [-0.1, -0.05) is 13.8 Å². The standard InChI is InChI=1S/C18H32N4O2/c1-5-17-13(3)19-14(4)20-18(17)22-10-15(16(11-22)12-24)9-21(6-2)7-8-23/h15-16,23-24H,5-12H2,1-4H3/t15-,16-/m1/s1. The minimum absolute atomic E-state index is 0.179. The largest absolute Gasteiger partial charge is 0.396 e. The summed E-state index contributed by atoms with van der Waals surface area (Å²) in [7, 11) is 0. The zero-order chi connectivity index (χ0) is 17.7. The Bertz CT molecular complexity index is 538. The van der Waals surface area contributed by atoms with Gasteiger partial charge in [0, 0.05) is 50.0 Å². The Labute approximate surface area is 145 Å². The second kappa shape index (κ2) is 8.74. The van der Waals surface area contributed by atoms with Gasteiger partial charge in [-0.05, 0) is 32.7 Å². The third-order valence-corrected chi connectivity index (χ3v) is 5.12. The van der Waals surface area contributed by atoms with Crippen molar-refractivity contribution in [2.24, 2.45) is 11.8 Å². The van der Waals surface area contributed by atoms with Crippen molar-refractivity contribution in [3.05, 3.63) is 17.1 Å². The van der Waals surface area contributed by atoms with Crippen molar-refractivity contribution in [1.82, 2.24) is 14.9 Å². The average molecular weight is 336 g/mol. The summed E-state index contributed by atoms with van der Waals surface area (Å²) in [6.45, 7) is 12.9. The highest BCUT2D eigenvalue weighted by molar-refractivity contribution is 5.50. The molecule has 136 valence electrons. The van der Waals surface area contributed by atoms with Crippen LogP contribution in [-0.2, 0) is 6.42 Å². The molecule has 1 aromatic heterocycles. The third kappa shape index (κ3) is 4.23. The Morgan fingerprint density at radius 1 is 1.12 bits per heavy atom. The molecule has 0 radical (unpaired) electrons. The summed E-state index contributed by atoms with van der Waals surface area (Å²) in [6.07, 6.45) is 0.915. The number of likely N-dealkylation sites (N-methyl/N-ethyl adjacent to an activating group) is 1. The van der Waals surface area contributed by atoms with Gasteiger partial charge in [-0.3, -0.25) is 0 Å². The van der Waals surface area contributed by atoms with Crippen LogP contribution in [0.4, 0.5) is 5.82 Å². The van der Waals surface area contributed by atoms with Crippen LogP contribution in [0.25, 0.3) is 0 Å².